The molecule has 0 aliphatic carbocycles. The predicted octanol–water partition coefficient (Wildman–Crippen LogP) is 2.63. The fraction of sp³-hybridized carbons (Fsp3) is 0.571. The molecule has 0 bridgehead atoms. The van der Waals surface area contributed by atoms with E-state index in [2.05, 4.69) is 51.9 Å². The molecule has 6 heteroatoms. The third-order valence-electron chi connectivity index (χ3n) is 5.03. The Balaban J connectivity index is 1.37. The summed E-state index contributed by atoms with van der Waals surface area (Å²) in [5.74, 6) is 0.841. The Morgan fingerprint density at radius 3 is 2.96 bits per heavy atom. The summed E-state index contributed by atoms with van der Waals surface area (Å²) < 4.78 is 11.1. The van der Waals surface area contributed by atoms with E-state index in [4.69, 9.17) is 9.47 Å². The largest absolute Gasteiger partial charge is 0.379 e. The Kier molecular flexibility index (Phi) is 7.54. The number of ether oxygens (including phenoxy) is 2. The van der Waals surface area contributed by atoms with Crippen molar-refractivity contribution in [3.8, 4) is 0 Å². The number of hydrogen-bond acceptors (Lipinski definition) is 3. The van der Waals surface area contributed by atoms with Gasteiger partial charge in [-0.15, -0.1) is 0 Å². The number of guanidine groups is 1. The van der Waals surface area contributed by atoms with Crippen molar-refractivity contribution in [2.75, 3.05) is 40.0 Å². The summed E-state index contributed by atoms with van der Waals surface area (Å²) in [6.45, 7) is 6.21. The topological polar surface area (TPSA) is 70.7 Å². The molecule has 1 aliphatic heterocycles. The first kappa shape index (κ1) is 19.7. The number of fused-ring (bicyclic) bond motifs is 1. The van der Waals surface area contributed by atoms with Gasteiger partial charge in [0.2, 0.25) is 0 Å². The summed E-state index contributed by atoms with van der Waals surface area (Å²) in [7, 11) is 1.81. The van der Waals surface area contributed by atoms with Gasteiger partial charge in [-0.1, -0.05) is 25.1 Å². The van der Waals surface area contributed by atoms with Crippen molar-refractivity contribution in [2.45, 2.75) is 38.7 Å². The second-order valence-electron chi connectivity index (χ2n) is 6.89. The van der Waals surface area contributed by atoms with Gasteiger partial charge >= 0.3 is 0 Å². The van der Waals surface area contributed by atoms with E-state index in [9.17, 15) is 0 Å². The number of nitrogens with zero attached hydrogens (tertiary/aromatic N) is 1. The number of nitrogens with one attached hydrogen (secondary N) is 3. The van der Waals surface area contributed by atoms with Crippen LogP contribution in [0, 0.1) is 0 Å². The van der Waals surface area contributed by atoms with Gasteiger partial charge in [0, 0.05) is 50.5 Å². The van der Waals surface area contributed by atoms with E-state index >= 15 is 0 Å². The summed E-state index contributed by atoms with van der Waals surface area (Å²) in [5, 5.41) is 8.07. The van der Waals surface area contributed by atoms with Crippen molar-refractivity contribution in [3.05, 3.63) is 35.5 Å². The van der Waals surface area contributed by atoms with E-state index in [1.165, 1.54) is 22.0 Å². The van der Waals surface area contributed by atoms with E-state index < -0.39 is 0 Å². The van der Waals surface area contributed by atoms with Crippen molar-refractivity contribution in [1.29, 1.82) is 0 Å². The number of benzene rings is 1. The Hall–Kier alpha value is -2.05. The lowest BCUT2D eigenvalue weighted by atomic mass is 10.1. The first-order chi connectivity index (χ1) is 13.3. The van der Waals surface area contributed by atoms with Crippen LogP contribution in [0.3, 0.4) is 0 Å². The smallest absolute Gasteiger partial charge is 0.190 e. The van der Waals surface area contributed by atoms with Gasteiger partial charge in [-0.2, -0.15) is 0 Å². The molecule has 3 rings (SSSR count). The van der Waals surface area contributed by atoms with E-state index in [-0.39, 0.29) is 6.10 Å². The molecular formula is C21H32N4O2. The van der Waals surface area contributed by atoms with E-state index in [0.717, 1.165) is 64.6 Å². The highest BCUT2D eigenvalue weighted by Gasteiger charge is 2.15. The molecule has 3 N–H and O–H groups in total. The van der Waals surface area contributed by atoms with Crippen molar-refractivity contribution < 1.29 is 9.47 Å². The van der Waals surface area contributed by atoms with Gasteiger partial charge in [-0.3, -0.25) is 4.99 Å². The Morgan fingerprint density at radius 2 is 2.19 bits per heavy atom. The van der Waals surface area contributed by atoms with Crippen LogP contribution in [0.25, 0.3) is 10.9 Å². The van der Waals surface area contributed by atoms with Crippen LogP contribution in [0.2, 0.25) is 0 Å². The molecule has 1 fully saturated rings. The third-order valence-corrected chi connectivity index (χ3v) is 5.03. The molecule has 0 amide bonds. The highest BCUT2D eigenvalue weighted by Crippen LogP contribution is 2.22. The molecule has 0 radical (unpaired) electrons. The fourth-order valence-electron chi connectivity index (χ4n) is 3.49. The zero-order valence-corrected chi connectivity index (χ0v) is 16.5. The molecule has 1 atom stereocenters. The monoisotopic (exact) mass is 372 g/mol. The second kappa shape index (κ2) is 10.3. The van der Waals surface area contributed by atoms with Gasteiger partial charge in [-0.05, 0) is 36.8 Å². The molecule has 1 saturated heterocycles. The zero-order valence-electron chi connectivity index (χ0n) is 16.5. The number of aryl methyl sites for hydroxylation is 1. The van der Waals surface area contributed by atoms with Gasteiger partial charge in [0.25, 0.3) is 0 Å². The number of aromatic nitrogens is 1. The minimum atomic E-state index is 0.284. The number of aromatic amines is 1. The summed E-state index contributed by atoms with van der Waals surface area (Å²) in [5.41, 5.74) is 3.98. The number of aliphatic imine (C=N–C) groups is 1. The highest BCUT2D eigenvalue weighted by molar-refractivity contribution is 5.86. The van der Waals surface area contributed by atoms with Gasteiger partial charge in [0.15, 0.2) is 5.96 Å². The fourth-order valence-corrected chi connectivity index (χ4v) is 3.49. The maximum Gasteiger partial charge on any atom is 0.190 e. The van der Waals surface area contributed by atoms with Crippen LogP contribution in [0.5, 0.6) is 0 Å². The lowest BCUT2D eigenvalue weighted by molar-refractivity contribution is 0.0420. The molecule has 1 aromatic carbocycles. The van der Waals surface area contributed by atoms with Crippen LogP contribution < -0.4 is 10.6 Å². The number of para-hydroxylation sites is 1. The van der Waals surface area contributed by atoms with Gasteiger partial charge < -0.3 is 25.1 Å². The van der Waals surface area contributed by atoms with Crippen LogP contribution in [0.15, 0.2) is 29.4 Å². The molecule has 1 aromatic heterocycles. The Bertz CT molecular complexity index is 735. The van der Waals surface area contributed by atoms with Crippen molar-refractivity contribution in [3.63, 3.8) is 0 Å². The zero-order chi connectivity index (χ0) is 18.9. The standard InChI is InChI=1S/C21H32N4O2/c1-3-16-6-4-7-19-17(14-25-20(16)19)8-11-24-21(22-2)23-10-5-12-27-18-9-13-26-15-18/h4,6-7,14,18,25H,3,5,8-13,15H2,1-2H3,(H2,22,23,24). The maximum absolute atomic E-state index is 5.78. The average molecular weight is 373 g/mol. The molecule has 148 valence electrons. The molecule has 27 heavy (non-hydrogen) atoms. The Labute approximate surface area is 161 Å². The first-order valence-electron chi connectivity index (χ1n) is 10.0. The highest BCUT2D eigenvalue weighted by atomic mass is 16.5. The Morgan fingerprint density at radius 1 is 1.30 bits per heavy atom. The summed E-state index contributed by atoms with van der Waals surface area (Å²) >= 11 is 0. The minimum Gasteiger partial charge on any atom is -0.379 e. The first-order valence-corrected chi connectivity index (χ1v) is 10.0. The van der Waals surface area contributed by atoms with Crippen LogP contribution in [-0.2, 0) is 22.3 Å². The third kappa shape index (κ3) is 5.47. The molecule has 1 unspecified atom stereocenters. The summed E-state index contributed by atoms with van der Waals surface area (Å²) in [4.78, 5) is 7.73. The summed E-state index contributed by atoms with van der Waals surface area (Å²) in [6, 6.07) is 6.53. The number of rotatable bonds is 9. The quantitative estimate of drug-likeness (QED) is 0.360. The SMILES string of the molecule is CCc1cccc2c(CCNC(=NC)NCCCOC3CCOC3)c[nH]c12. The normalized spacial score (nSPS) is 17.6. The average Bonchev–Trinajstić information content (AvgIpc) is 3.36. The molecule has 6 nitrogen and oxygen atoms in total. The number of H-pyrrole nitrogens is 1. The molecule has 0 saturated carbocycles. The van der Waals surface area contributed by atoms with Crippen LogP contribution >= 0.6 is 0 Å². The molecular weight excluding hydrogens is 340 g/mol. The second-order valence-corrected chi connectivity index (χ2v) is 6.89. The van der Waals surface area contributed by atoms with Gasteiger partial charge in [-0.25, -0.2) is 0 Å². The minimum absolute atomic E-state index is 0.284. The lowest BCUT2D eigenvalue weighted by Gasteiger charge is -2.13. The van der Waals surface area contributed by atoms with Crippen molar-refractivity contribution >= 4 is 16.9 Å². The predicted molar refractivity (Wildman–Crippen MR) is 111 cm³/mol. The summed E-state index contributed by atoms with van der Waals surface area (Å²) in [6.07, 6.45) is 6.39. The van der Waals surface area contributed by atoms with Gasteiger partial charge in [0.1, 0.15) is 0 Å². The van der Waals surface area contributed by atoms with Crippen molar-refractivity contribution in [1.82, 2.24) is 15.6 Å². The molecule has 2 heterocycles. The van der Waals surface area contributed by atoms with E-state index in [1.807, 2.05) is 0 Å². The van der Waals surface area contributed by atoms with Crippen LogP contribution in [-0.4, -0.2) is 57.0 Å². The molecule has 1 aliphatic rings. The molecule has 2 aromatic rings. The maximum atomic E-state index is 5.78. The van der Waals surface area contributed by atoms with E-state index in [0.29, 0.717) is 0 Å². The van der Waals surface area contributed by atoms with Crippen LogP contribution in [0.4, 0.5) is 0 Å². The van der Waals surface area contributed by atoms with Gasteiger partial charge in [0.05, 0.1) is 12.7 Å². The van der Waals surface area contributed by atoms with Crippen LogP contribution in [0.1, 0.15) is 30.9 Å². The lowest BCUT2D eigenvalue weighted by Crippen LogP contribution is -2.39. The van der Waals surface area contributed by atoms with E-state index in [1.54, 1.807) is 7.05 Å². The molecule has 0 spiro atoms. The van der Waals surface area contributed by atoms with Crippen molar-refractivity contribution in [2.24, 2.45) is 4.99 Å². The number of hydrogen-bond donors (Lipinski definition) is 3.